The van der Waals surface area contributed by atoms with Gasteiger partial charge in [-0.3, -0.25) is 9.36 Å². The Balaban J connectivity index is 1.92. The van der Waals surface area contributed by atoms with Gasteiger partial charge in [0, 0.05) is 25.6 Å². The van der Waals surface area contributed by atoms with Crippen LogP contribution in [0.1, 0.15) is 55.8 Å². The number of methoxy groups -OCH3 is 1. The van der Waals surface area contributed by atoms with Crippen LogP contribution in [0.5, 0.6) is 0 Å². The summed E-state index contributed by atoms with van der Waals surface area (Å²) in [5, 5.41) is 0. The van der Waals surface area contributed by atoms with Crippen LogP contribution in [0, 0.1) is 12.4 Å². The highest BCUT2D eigenvalue weighted by molar-refractivity contribution is 5.81. The van der Waals surface area contributed by atoms with Crippen molar-refractivity contribution in [1.82, 2.24) is 9.55 Å². The van der Waals surface area contributed by atoms with Gasteiger partial charge in [0.25, 0.3) is 5.56 Å². The van der Waals surface area contributed by atoms with Gasteiger partial charge in [-0.15, -0.1) is 0 Å². The van der Waals surface area contributed by atoms with Crippen LogP contribution in [0.4, 0.5) is 10.1 Å². The molecule has 1 aliphatic carbocycles. The lowest BCUT2D eigenvalue weighted by Crippen LogP contribution is -2.26. The van der Waals surface area contributed by atoms with E-state index in [1.165, 1.54) is 25.0 Å². The van der Waals surface area contributed by atoms with Crippen molar-refractivity contribution < 1.29 is 9.13 Å². The smallest absolute Gasteiger partial charge is 0.261 e. The van der Waals surface area contributed by atoms with Gasteiger partial charge in [0.15, 0.2) is 0 Å². The molecule has 0 radical (unpaired) electrons. The van der Waals surface area contributed by atoms with Gasteiger partial charge in [-0.1, -0.05) is 62.1 Å². The van der Waals surface area contributed by atoms with E-state index < -0.39 is 5.82 Å². The molecule has 170 valence electrons. The van der Waals surface area contributed by atoms with Crippen LogP contribution in [0.2, 0.25) is 0 Å². The minimum Gasteiger partial charge on any atom is -0.380 e. The number of nitrogens with zero attached hydrogens (tertiary/aromatic N) is 3. The average molecular weight is 446 g/mol. The van der Waals surface area contributed by atoms with Gasteiger partial charge < -0.3 is 4.74 Å². The highest BCUT2D eigenvalue weighted by atomic mass is 19.1. The molecule has 0 bridgehead atoms. The molecule has 0 N–H and O–H groups in total. The number of ether oxygens (including phenoxy) is 1. The lowest BCUT2D eigenvalue weighted by atomic mass is 9.96. The largest absolute Gasteiger partial charge is 0.380 e. The molecule has 4 rings (SSSR count). The van der Waals surface area contributed by atoms with Gasteiger partial charge in [0.1, 0.15) is 11.6 Å². The molecule has 0 saturated heterocycles. The number of hydrogen-bond acceptors (Lipinski definition) is 3. The minimum atomic E-state index is -0.609. The Kier molecular flexibility index (Phi) is 7.00. The second-order valence-electron chi connectivity index (χ2n) is 8.65. The molecule has 0 spiro atoms. The van der Waals surface area contributed by atoms with E-state index in [9.17, 15) is 9.18 Å². The zero-order valence-corrected chi connectivity index (χ0v) is 19.1. The Hall–Kier alpha value is -3.30. The van der Waals surface area contributed by atoms with Gasteiger partial charge >= 0.3 is 0 Å². The summed E-state index contributed by atoms with van der Waals surface area (Å²) in [5.74, 6) is 0.350. The van der Waals surface area contributed by atoms with Crippen molar-refractivity contribution in [2.24, 2.45) is 7.05 Å². The van der Waals surface area contributed by atoms with Crippen molar-refractivity contribution in [3.05, 3.63) is 81.4 Å². The Labute approximate surface area is 193 Å². The van der Waals surface area contributed by atoms with E-state index in [0.29, 0.717) is 23.4 Å². The molecule has 3 aromatic rings. The number of halogens is 1. The second kappa shape index (κ2) is 10.1. The molecule has 0 aliphatic heterocycles. The summed E-state index contributed by atoms with van der Waals surface area (Å²) in [5.41, 5.74) is 2.94. The SMILES string of the molecule is [C-]#[N+]c1ccc(-c2nc(C3CCCCCC3)n(C)c(=O)c2-c2ccc(COC)cc2)cc1F. The molecule has 1 saturated carbocycles. The van der Waals surface area contributed by atoms with Gasteiger partial charge in [0.2, 0.25) is 5.69 Å². The Morgan fingerprint density at radius 3 is 2.36 bits per heavy atom. The topological polar surface area (TPSA) is 48.5 Å². The maximum atomic E-state index is 14.6. The van der Waals surface area contributed by atoms with Crippen molar-refractivity contribution in [2.75, 3.05) is 7.11 Å². The molecular weight excluding hydrogens is 417 g/mol. The summed E-state index contributed by atoms with van der Waals surface area (Å²) in [7, 11) is 3.42. The molecule has 0 amide bonds. The molecule has 33 heavy (non-hydrogen) atoms. The van der Waals surface area contributed by atoms with E-state index in [4.69, 9.17) is 16.3 Å². The van der Waals surface area contributed by atoms with Crippen molar-refractivity contribution in [2.45, 2.75) is 51.0 Å². The summed E-state index contributed by atoms with van der Waals surface area (Å²) in [6, 6.07) is 12.0. The van der Waals surface area contributed by atoms with Gasteiger partial charge in [-0.05, 0) is 30.0 Å². The third-order valence-electron chi connectivity index (χ3n) is 6.44. The predicted molar refractivity (Wildman–Crippen MR) is 128 cm³/mol. The normalized spacial score (nSPS) is 14.6. The molecule has 1 heterocycles. The molecule has 5 nitrogen and oxygen atoms in total. The molecule has 1 aromatic heterocycles. The predicted octanol–water partition coefficient (Wildman–Crippen LogP) is 6.39. The Morgan fingerprint density at radius 2 is 1.76 bits per heavy atom. The third-order valence-corrected chi connectivity index (χ3v) is 6.44. The van der Waals surface area contributed by atoms with E-state index >= 15 is 0 Å². The van der Waals surface area contributed by atoms with Crippen LogP contribution < -0.4 is 5.56 Å². The zero-order chi connectivity index (χ0) is 23.4. The quantitative estimate of drug-likeness (QED) is 0.338. The van der Waals surface area contributed by atoms with Crippen molar-refractivity contribution in [3.8, 4) is 22.4 Å². The lowest BCUT2D eigenvalue weighted by Gasteiger charge is -2.20. The summed E-state index contributed by atoms with van der Waals surface area (Å²) in [6.45, 7) is 7.63. The maximum Gasteiger partial charge on any atom is 0.261 e. The number of rotatable bonds is 5. The van der Waals surface area contributed by atoms with Crippen LogP contribution in [-0.2, 0) is 18.4 Å². The molecule has 0 atom stereocenters. The highest BCUT2D eigenvalue weighted by Crippen LogP contribution is 2.35. The van der Waals surface area contributed by atoms with Crippen LogP contribution >= 0.6 is 0 Å². The summed E-state index contributed by atoms with van der Waals surface area (Å²) < 4.78 is 21.4. The highest BCUT2D eigenvalue weighted by Gasteiger charge is 2.24. The van der Waals surface area contributed by atoms with Crippen molar-refractivity contribution in [3.63, 3.8) is 0 Å². The summed E-state index contributed by atoms with van der Waals surface area (Å²) in [6.07, 6.45) is 6.63. The first-order valence-corrected chi connectivity index (χ1v) is 11.4. The number of hydrogen-bond donors (Lipinski definition) is 0. The molecule has 2 aromatic carbocycles. The third kappa shape index (κ3) is 4.74. The monoisotopic (exact) mass is 445 g/mol. The van der Waals surface area contributed by atoms with Crippen molar-refractivity contribution in [1.29, 1.82) is 0 Å². The maximum absolute atomic E-state index is 14.6. The van der Waals surface area contributed by atoms with Gasteiger partial charge in [0.05, 0.1) is 24.4 Å². The van der Waals surface area contributed by atoms with E-state index in [2.05, 4.69) is 4.85 Å². The second-order valence-corrected chi connectivity index (χ2v) is 8.65. The Morgan fingerprint density at radius 1 is 1.09 bits per heavy atom. The molecule has 1 aliphatic rings. The van der Waals surface area contributed by atoms with Gasteiger partial charge in [-0.2, -0.15) is 0 Å². The van der Waals surface area contributed by atoms with Crippen LogP contribution in [0.15, 0.2) is 47.3 Å². The molecule has 6 heteroatoms. The van der Waals surface area contributed by atoms with Gasteiger partial charge in [-0.25, -0.2) is 14.2 Å². The molecular formula is C27H28FN3O2. The fraction of sp³-hybridized carbons (Fsp3) is 0.370. The molecule has 1 fully saturated rings. The van der Waals surface area contributed by atoms with E-state index in [1.807, 2.05) is 24.3 Å². The fourth-order valence-corrected chi connectivity index (χ4v) is 4.67. The zero-order valence-electron chi connectivity index (χ0n) is 19.1. The minimum absolute atomic E-state index is 0.0444. The first kappa shape index (κ1) is 22.9. The number of aromatic nitrogens is 2. The van der Waals surface area contributed by atoms with E-state index in [0.717, 1.165) is 42.6 Å². The summed E-state index contributed by atoms with van der Waals surface area (Å²) in [4.78, 5) is 21.9. The van der Waals surface area contributed by atoms with Crippen molar-refractivity contribution >= 4 is 5.69 Å². The first-order valence-electron chi connectivity index (χ1n) is 11.4. The van der Waals surface area contributed by atoms with Crippen LogP contribution in [0.25, 0.3) is 27.2 Å². The number of benzene rings is 2. The van der Waals surface area contributed by atoms with Crippen LogP contribution in [-0.4, -0.2) is 16.7 Å². The Bertz CT molecular complexity index is 1230. The molecule has 0 unspecified atom stereocenters. The lowest BCUT2D eigenvalue weighted by molar-refractivity contribution is 0.185. The van der Waals surface area contributed by atoms with Crippen LogP contribution in [0.3, 0.4) is 0 Å². The van der Waals surface area contributed by atoms with E-state index in [-0.39, 0.29) is 17.2 Å². The standard InChI is InChI=1S/C27H28FN3O2/c1-29-23-15-14-21(16-22(23)28)25-24(19-12-10-18(11-13-19)17-33-3)27(32)31(2)26(30-25)20-8-6-4-5-7-9-20/h10-16,20H,4-9,17H2,2-3H3. The summed E-state index contributed by atoms with van der Waals surface area (Å²) >= 11 is 0. The average Bonchev–Trinajstić information content (AvgIpc) is 3.11. The fourth-order valence-electron chi connectivity index (χ4n) is 4.67. The van der Waals surface area contributed by atoms with E-state index in [1.54, 1.807) is 24.8 Å². The first-order chi connectivity index (χ1) is 16.0.